The zero-order valence-electron chi connectivity index (χ0n) is 8.04. The Morgan fingerprint density at radius 1 is 1.67 bits per heavy atom. The predicted molar refractivity (Wildman–Crippen MR) is 57.4 cm³/mol. The summed E-state index contributed by atoms with van der Waals surface area (Å²) in [7, 11) is 0. The molecule has 80 valence electrons. The highest BCUT2D eigenvalue weighted by molar-refractivity contribution is 6.19. The molecular weight excluding hydrogens is 221 g/mol. The van der Waals surface area contributed by atoms with Crippen molar-refractivity contribution in [3.8, 4) is 0 Å². The Bertz CT molecular complexity index is 418. The third-order valence-corrected chi connectivity index (χ3v) is 2.22. The molecule has 5 heteroatoms. The first-order valence-corrected chi connectivity index (χ1v) is 4.75. The number of benzene rings is 1. The number of nitro benzene ring substituents is 1. The zero-order chi connectivity index (χ0) is 11.4. The van der Waals surface area contributed by atoms with Crippen LogP contribution in [0.1, 0.15) is 12.5 Å². The Kier molecular flexibility index (Phi) is 3.80. The number of allylic oxidation sites excluding steroid dienone is 1. The molecule has 0 aliphatic heterocycles. The molecule has 1 rings (SSSR count). The van der Waals surface area contributed by atoms with Gasteiger partial charge in [0.2, 0.25) is 0 Å². The number of nitro groups is 1. The van der Waals surface area contributed by atoms with Crippen LogP contribution >= 0.6 is 11.6 Å². The van der Waals surface area contributed by atoms with Crippen LogP contribution in [0.5, 0.6) is 0 Å². The van der Waals surface area contributed by atoms with E-state index in [-0.39, 0.29) is 17.1 Å². The lowest BCUT2D eigenvalue weighted by Gasteiger charge is -1.99. The first-order chi connectivity index (χ1) is 7.04. The van der Waals surface area contributed by atoms with Crippen LogP contribution in [0, 0.1) is 15.9 Å². The van der Waals surface area contributed by atoms with Crippen LogP contribution in [-0.4, -0.2) is 10.8 Å². The van der Waals surface area contributed by atoms with Crippen molar-refractivity contribution in [2.75, 3.05) is 5.88 Å². The van der Waals surface area contributed by atoms with Gasteiger partial charge in [0.15, 0.2) is 0 Å². The highest BCUT2D eigenvalue weighted by Gasteiger charge is 2.08. The van der Waals surface area contributed by atoms with Crippen LogP contribution in [0.25, 0.3) is 6.08 Å². The molecule has 0 saturated heterocycles. The number of non-ortho nitro benzene ring substituents is 1. The van der Waals surface area contributed by atoms with Crippen molar-refractivity contribution >= 4 is 23.4 Å². The minimum atomic E-state index is -0.563. The summed E-state index contributed by atoms with van der Waals surface area (Å²) in [6.07, 6.45) is 1.50. The van der Waals surface area contributed by atoms with Crippen LogP contribution in [0.4, 0.5) is 10.1 Å². The quantitative estimate of drug-likeness (QED) is 0.453. The third kappa shape index (κ3) is 3.02. The van der Waals surface area contributed by atoms with Crippen LogP contribution in [-0.2, 0) is 0 Å². The van der Waals surface area contributed by atoms with Gasteiger partial charge >= 0.3 is 0 Å². The topological polar surface area (TPSA) is 43.1 Å². The van der Waals surface area contributed by atoms with Crippen LogP contribution in [0.15, 0.2) is 23.8 Å². The molecule has 3 nitrogen and oxygen atoms in total. The standard InChI is InChI=1S/C10H9ClFNO2/c1-7(6-11)4-8-5-9(13(14)15)2-3-10(8)12/h2-5H,6H2,1H3/b7-4-. The number of hydrogen-bond donors (Lipinski definition) is 0. The summed E-state index contributed by atoms with van der Waals surface area (Å²) >= 11 is 5.53. The number of hydrogen-bond acceptors (Lipinski definition) is 2. The molecule has 15 heavy (non-hydrogen) atoms. The van der Waals surface area contributed by atoms with Gasteiger partial charge in [-0.05, 0) is 13.0 Å². The van der Waals surface area contributed by atoms with Crippen molar-refractivity contribution < 1.29 is 9.31 Å². The average molecular weight is 230 g/mol. The van der Waals surface area contributed by atoms with Crippen molar-refractivity contribution in [1.82, 2.24) is 0 Å². The van der Waals surface area contributed by atoms with Gasteiger partial charge in [-0.1, -0.05) is 11.6 Å². The van der Waals surface area contributed by atoms with Gasteiger partial charge < -0.3 is 0 Å². The van der Waals surface area contributed by atoms with E-state index in [0.717, 1.165) is 17.7 Å². The molecule has 0 N–H and O–H groups in total. The molecule has 0 aromatic heterocycles. The second kappa shape index (κ2) is 4.89. The van der Waals surface area contributed by atoms with Crippen LogP contribution in [0.3, 0.4) is 0 Å². The highest BCUT2D eigenvalue weighted by atomic mass is 35.5. The molecule has 1 aromatic carbocycles. The Balaban J connectivity index is 3.17. The van der Waals surface area contributed by atoms with E-state index >= 15 is 0 Å². The van der Waals surface area contributed by atoms with E-state index in [4.69, 9.17) is 11.6 Å². The molecule has 0 unspecified atom stereocenters. The fourth-order valence-electron chi connectivity index (χ4n) is 1.06. The van der Waals surface area contributed by atoms with Crippen molar-refractivity contribution in [3.63, 3.8) is 0 Å². The smallest absolute Gasteiger partial charge is 0.258 e. The molecule has 1 aromatic rings. The van der Waals surface area contributed by atoms with Gasteiger partial charge in [-0.15, -0.1) is 11.6 Å². The fraction of sp³-hybridized carbons (Fsp3) is 0.200. The first kappa shape index (κ1) is 11.7. The third-order valence-electron chi connectivity index (χ3n) is 1.80. The first-order valence-electron chi connectivity index (χ1n) is 4.21. The van der Waals surface area contributed by atoms with Gasteiger partial charge in [-0.2, -0.15) is 0 Å². The molecule has 0 heterocycles. The lowest BCUT2D eigenvalue weighted by atomic mass is 10.1. The summed E-state index contributed by atoms with van der Waals surface area (Å²) in [5.74, 6) is -0.229. The maximum Gasteiger partial charge on any atom is 0.270 e. The van der Waals surface area contributed by atoms with Gasteiger partial charge in [0, 0.05) is 23.6 Å². The van der Waals surface area contributed by atoms with Crippen LogP contribution in [0.2, 0.25) is 0 Å². The predicted octanol–water partition coefficient (Wildman–Crippen LogP) is 3.38. The van der Waals surface area contributed by atoms with E-state index in [1.807, 2.05) is 0 Å². The van der Waals surface area contributed by atoms with Crippen molar-refractivity contribution in [1.29, 1.82) is 0 Å². The molecule has 0 bridgehead atoms. The Morgan fingerprint density at radius 2 is 2.33 bits per heavy atom. The summed E-state index contributed by atoms with van der Waals surface area (Å²) in [5.41, 5.74) is 0.795. The molecule has 0 spiro atoms. The maximum atomic E-state index is 13.2. The lowest BCUT2D eigenvalue weighted by molar-refractivity contribution is -0.384. The Hall–Kier alpha value is -1.42. The van der Waals surface area contributed by atoms with E-state index in [1.54, 1.807) is 6.92 Å². The molecule has 0 atom stereocenters. The molecular formula is C10H9ClFNO2. The Morgan fingerprint density at radius 3 is 2.87 bits per heavy atom. The number of alkyl halides is 1. The number of halogens is 2. The number of rotatable bonds is 3. The van der Waals surface area contributed by atoms with Gasteiger partial charge in [0.05, 0.1) is 4.92 Å². The zero-order valence-corrected chi connectivity index (χ0v) is 8.79. The second-order valence-electron chi connectivity index (χ2n) is 3.09. The Labute approximate surface area is 91.3 Å². The van der Waals surface area contributed by atoms with E-state index in [9.17, 15) is 14.5 Å². The van der Waals surface area contributed by atoms with Gasteiger partial charge in [0.25, 0.3) is 5.69 Å². The minimum Gasteiger partial charge on any atom is -0.258 e. The van der Waals surface area contributed by atoms with Gasteiger partial charge in [-0.25, -0.2) is 4.39 Å². The minimum absolute atomic E-state index is 0.134. The normalized spacial score (nSPS) is 11.5. The molecule has 0 fully saturated rings. The lowest BCUT2D eigenvalue weighted by Crippen LogP contribution is -1.91. The molecule has 0 amide bonds. The van der Waals surface area contributed by atoms with E-state index in [2.05, 4.69) is 0 Å². The van der Waals surface area contributed by atoms with Crippen LogP contribution < -0.4 is 0 Å². The van der Waals surface area contributed by atoms with Crippen molar-refractivity contribution in [3.05, 3.63) is 45.3 Å². The van der Waals surface area contributed by atoms with Gasteiger partial charge in [-0.3, -0.25) is 10.1 Å². The van der Waals surface area contributed by atoms with E-state index in [1.165, 1.54) is 12.1 Å². The average Bonchev–Trinajstić information content (AvgIpc) is 2.20. The summed E-state index contributed by atoms with van der Waals surface area (Å²) in [5, 5.41) is 10.5. The summed E-state index contributed by atoms with van der Waals surface area (Å²) in [4.78, 5) is 9.89. The summed E-state index contributed by atoms with van der Waals surface area (Å²) in [6, 6.07) is 3.39. The monoisotopic (exact) mass is 229 g/mol. The van der Waals surface area contributed by atoms with E-state index in [0.29, 0.717) is 0 Å². The van der Waals surface area contributed by atoms with Crippen molar-refractivity contribution in [2.24, 2.45) is 0 Å². The maximum absolute atomic E-state index is 13.2. The highest BCUT2D eigenvalue weighted by Crippen LogP contribution is 2.19. The molecule has 0 aliphatic carbocycles. The van der Waals surface area contributed by atoms with Gasteiger partial charge in [0.1, 0.15) is 5.82 Å². The molecule has 0 saturated carbocycles. The summed E-state index contributed by atoms with van der Waals surface area (Å²) in [6.45, 7) is 1.73. The molecule has 0 radical (unpaired) electrons. The SMILES string of the molecule is C/C(=C/c1cc([N+](=O)[O-])ccc1F)CCl. The molecule has 0 aliphatic rings. The van der Waals surface area contributed by atoms with Crippen molar-refractivity contribution in [2.45, 2.75) is 6.92 Å². The fourth-order valence-corrected chi connectivity index (χ4v) is 1.14. The second-order valence-corrected chi connectivity index (χ2v) is 3.35. The van der Waals surface area contributed by atoms with E-state index < -0.39 is 10.7 Å². The summed E-state index contributed by atoms with van der Waals surface area (Å²) < 4.78 is 13.2. The largest absolute Gasteiger partial charge is 0.270 e. The number of nitrogens with zero attached hydrogens (tertiary/aromatic N) is 1.